The van der Waals surface area contributed by atoms with E-state index in [9.17, 15) is 4.79 Å². The maximum atomic E-state index is 11.6. The summed E-state index contributed by atoms with van der Waals surface area (Å²) in [6, 6.07) is 9.65. The number of carbonyl (C=O) groups excluding carboxylic acids is 1. The lowest BCUT2D eigenvalue weighted by molar-refractivity contribution is -0.139. The van der Waals surface area contributed by atoms with Crippen LogP contribution < -0.4 is 0 Å². The Balaban J connectivity index is 2.47. The van der Waals surface area contributed by atoms with Crippen LogP contribution in [0.3, 0.4) is 0 Å². The molecule has 1 atom stereocenters. The first-order valence-electron chi connectivity index (χ1n) is 5.43. The minimum Gasteiger partial charge on any atom is -0.449 e. The van der Waals surface area contributed by atoms with Crippen LogP contribution in [0.2, 0.25) is 0 Å². The molecule has 0 saturated heterocycles. The summed E-state index contributed by atoms with van der Waals surface area (Å²) >= 11 is 0. The zero-order valence-electron chi connectivity index (χ0n) is 9.77. The molecule has 2 heteroatoms. The number of hydrogen-bond donors (Lipinski definition) is 0. The zero-order chi connectivity index (χ0) is 12.4. The molecule has 0 radical (unpaired) electrons. The fourth-order valence-electron chi connectivity index (χ4n) is 1.94. The molecule has 2 nitrogen and oxygen atoms in total. The number of cyclic esters (lactones) is 1. The van der Waals surface area contributed by atoms with Crippen molar-refractivity contribution in [2.45, 2.75) is 13.0 Å². The first kappa shape index (κ1) is 11.4. The van der Waals surface area contributed by atoms with Gasteiger partial charge in [-0.2, -0.15) is 0 Å². The van der Waals surface area contributed by atoms with Gasteiger partial charge in [0.25, 0.3) is 0 Å². The fraction of sp³-hybridized carbons (Fsp3) is 0.133. The third-order valence-electron chi connectivity index (χ3n) is 2.89. The molecule has 1 aromatic rings. The average Bonchev–Trinajstić information content (AvgIpc) is 2.66. The molecule has 17 heavy (non-hydrogen) atoms. The molecule has 0 saturated carbocycles. The predicted molar refractivity (Wildman–Crippen MR) is 67.3 cm³/mol. The molecule has 86 valence electrons. The molecule has 2 rings (SSSR count). The molecule has 0 bridgehead atoms. The van der Waals surface area contributed by atoms with Crippen molar-refractivity contribution in [3.8, 4) is 0 Å². The van der Waals surface area contributed by atoms with Gasteiger partial charge in [-0.15, -0.1) is 0 Å². The molecule has 0 spiro atoms. The second-order valence-electron chi connectivity index (χ2n) is 3.96. The van der Waals surface area contributed by atoms with Gasteiger partial charge in [-0.25, -0.2) is 4.79 Å². The maximum Gasteiger partial charge on any atom is 0.335 e. The Hall–Kier alpha value is -2.09. The van der Waals surface area contributed by atoms with Crippen molar-refractivity contribution in [2.75, 3.05) is 0 Å². The topological polar surface area (TPSA) is 26.3 Å². The van der Waals surface area contributed by atoms with Gasteiger partial charge in [0.05, 0.1) is 0 Å². The van der Waals surface area contributed by atoms with Crippen LogP contribution in [0.5, 0.6) is 0 Å². The molecule has 0 aromatic heterocycles. The van der Waals surface area contributed by atoms with Gasteiger partial charge in [-0.05, 0) is 18.1 Å². The monoisotopic (exact) mass is 226 g/mol. The molecule has 0 amide bonds. The lowest BCUT2D eigenvalue weighted by Gasteiger charge is -2.14. The Bertz CT molecular complexity index is 509. The smallest absolute Gasteiger partial charge is 0.335 e. The number of rotatable bonds is 3. The Kier molecular flexibility index (Phi) is 2.96. The largest absolute Gasteiger partial charge is 0.449 e. The summed E-state index contributed by atoms with van der Waals surface area (Å²) < 4.78 is 5.37. The number of ether oxygens (including phenoxy) is 1. The van der Waals surface area contributed by atoms with Crippen LogP contribution in [0.15, 0.2) is 66.3 Å². The minimum absolute atomic E-state index is 0.281. The van der Waals surface area contributed by atoms with Crippen molar-refractivity contribution in [1.29, 1.82) is 0 Å². The number of esters is 1. The van der Waals surface area contributed by atoms with Gasteiger partial charge in [0.2, 0.25) is 0 Å². The third kappa shape index (κ3) is 1.94. The van der Waals surface area contributed by atoms with Crippen LogP contribution >= 0.6 is 0 Å². The fourth-order valence-corrected chi connectivity index (χ4v) is 1.94. The van der Waals surface area contributed by atoms with Crippen LogP contribution in [-0.4, -0.2) is 5.97 Å². The summed E-state index contributed by atoms with van der Waals surface area (Å²) in [6.07, 6.45) is 1.30. The number of allylic oxidation sites excluding steroid dienone is 1. The second-order valence-corrected chi connectivity index (χ2v) is 3.96. The predicted octanol–water partition coefficient (Wildman–Crippen LogP) is 3.34. The van der Waals surface area contributed by atoms with Crippen molar-refractivity contribution in [3.63, 3.8) is 0 Å². The second kappa shape index (κ2) is 4.42. The SMILES string of the molecule is C=CC(=C)C1=C(C)C(=O)OC1c1ccccc1. The van der Waals surface area contributed by atoms with E-state index in [4.69, 9.17) is 4.74 Å². The van der Waals surface area contributed by atoms with Gasteiger partial charge in [-0.1, -0.05) is 49.6 Å². The summed E-state index contributed by atoms with van der Waals surface area (Å²) in [5.41, 5.74) is 3.14. The van der Waals surface area contributed by atoms with Crippen molar-refractivity contribution >= 4 is 5.97 Å². The Morgan fingerprint density at radius 1 is 1.35 bits per heavy atom. The van der Waals surface area contributed by atoms with E-state index in [1.54, 1.807) is 13.0 Å². The van der Waals surface area contributed by atoms with Gasteiger partial charge in [0, 0.05) is 11.1 Å². The van der Waals surface area contributed by atoms with Gasteiger partial charge in [-0.3, -0.25) is 0 Å². The summed E-state index contributed by atoms with van der Waals surface area (Å²) in [5.74, 6) is -0.281. The lowest BCUT2D eigenvalue weighted by atomic mass is 9.94. The maximum absolute atomic E-state index is 11.6. The van der Waals surface area contributed by atoms with E-state index in [1.807, 2.05) is 30.3 Å². The molecule has 1 unspecified atom stereocenters. The molecule has 1 aromatic carbocycles. The number of carbonyl (C=O) groups is 1. The Morgan fingerprint density at radius 2 is 2.00 bits per heavy atom. The van der Waals surface area contributed by atoms with Crippen LogP contribution in [0.1, 0.15) is 18.6 Å². The first-order chi connectivity index (χ1) is 8.15. The first-order valence-corrected chi connectivity index (χ1v) is 5.43. The van der Waals surface area contributed by atoms with E-state index in [2.05, 4.69) is 13.2 Å². The molecular weight excluding hydrogens is 212 g/mol. The molecule has 1 aliphatic rings. The van der Waals surface area contributed by atoms with Gasteiger partial charge in [0.15, 0.2) is 6.10 Å². The Morgan fingerprint density at radius 3 is 2.59 bits per heavy atom. The van der Waals surface area contributed by atoms with Crippen LogP contribution in [0.25, 0.3) is 0 Å². The van der Waals surface area contributed by atoms with E-state index in [0.717, 1.165) is 16.7 Å². The number of hydrogen-bond acceptors (Lipinski definition) is 2. The van der Waals surface area contributed by atoms with Gasteiger partial charge < -0.3 is 4.74 Å². The van der Waals surface area contributed by atoms with E-state index in [-0.39, 0.29) is 12.1 Å². The highest BCUT2D eigenvalue weighted by Gasteiger charge is 2.33. The van der Waals surface area contributed by atoms with Gasteiger partial charge in [0.1, 0.15) is 0 Å². The highest BCUT2D eigenvalue weighted by Crippen LogP contribution is 2.38. The molecule has 1 aliphatic heterocycles. The molecule has 0 N–H and O–H groups in total. The summed E-state index contributed by atoms with van der Waals surface area (Å²) in [6.45, 7) is 9.36. The van der Waals surface area contributed by atoms with Crippen molar-refractivity contribution in [3.05, 3.63) is 71.8 Å². The molecule has 1 heterocycles. The normalized spacial score (nSPS) is 19.1. The number of benzene rings is 1. The van der Waals surface area contributed by atoms with E-state index in [0.29, 0.717) is 5.57 Å². The quantitative estimate of drug-likeness (QED) is 0.583. The summed E-state index contributed by atoms with van der Waals surface area (Å²) in [4.78, 5) is 11.6. The van der Waals surface area contributed by atoms with Crippen molar-refractivity contribution in [1.82, 2.24) is 0 Å². The van der Waals surface area contributed by atoms with E-state index >= 15 is 0 Å². The highest BCUT2D eigenvalue weighted by molar-refractivity contribution is 5.93. The van der Waals surface area contributed by atoms with E-state index in [1.165, 1.54) is 0 Å². The standard InChI is InChI=1S/C15H14O2/c1-4-10(2)13-11(3)15(16)17-14(13)12-8-6-5-7-9-12/h4-9,14H,1-2H2,3H3. The van der Waals surface area contributed by atoms with E-state index < -0.39 is 0 Å². The van der Waals surface area contributed by atoms with Crippen LogP contribution in [0, 0.1) is 0 Å². The average molecular weight is 226 g/mol. The third-order valence-corrected chi connectivity index (χ3v) is 2.89. The van der Waals surface area contributed by atoms with Crippen LogP contribution in [0.4, 0.5) is 0 Å². The molecular formula is C15H14O2. The zero-order valence-corrected chi connectivity index (χ0v) is 9.77. The highest BCUT2D eigenvalue weighted by atomic mass is 16.5. The van der Waals surface area contributed by atoms with Crippen molar-refractivity contribution in [2.24, 2.45) is 0 Å². The van der Waals surface area contributed by atoms with Crippen molar-refractivity contribution < 1.29 is 9.53 Å². The lowest BCUT2D eigenvalue weighted by Crippen LogP contribution is -2.03. The Labute approximate surface area is 101 Å². The molecule has 0 fully saturated rings. The minimum atomic E-state index is -0.353. The summed E-state index contributed by atoms with van der Waals surface area (Å²) in [5, 5.41) is 0. The van der Waals surface area contributed by atoms with Crippen LogP contribution in [-0.2, 0) is 9.53 Å². The van der Waals surface area contributed by atoms with Gasteiger partial charge >= 0.3 is 5.97 Å². The summed E-state index contributed by atoms with van der Waals surface area (Å²) in [7, 11) is 0. The molecule has 0 aliphatic carbocycles.